The lowest BCUT2D eigenvalue weighted by molar-refractivity contribution is -0.142. The van der Waals surface area contributed by atoms with E-state index in [2.05, 4.69) is 36.6 Å². The summed E-state index contributed by atoms with van der Waals surface area (Å²) in [7, 11) is 0. The molecule has 0 saturated heterocycles. The molecule has 0 aromatic heterocycles. The third kappa shape index (κ3) is 5.06. The topological polar surface area (TPSA) is 35.5 Å². The lowest BCUT2D eigenvalue weighted by atomic mass is 10.1. The first kappa shape index (κ1) is 16.4. The molecule has 1 aromatic rings. The van der Waals surface area contributed by atoms with Crippen molar-refractivity contribution in [3.05, 3.63) is 27.7 Å². The highest BCUT2D eigenvalue weighted by Gasteiger charge is 2.18. The molecule has 0 atom stereocenters. The van der Waals surface area contributed by atoms with Gasteiger partial charge in [0.1, 0.15) is 5.75 Å². The Morgan fingerprint density at radius 2 is 2.00 bits per heavy atom. The smallest absolute Gasteiger partial charge is 0.387 e. The maximum absolute atomic E-state index is 12.4. The number of esters is 1. The summed E-state index contributed by atoms with van der Waals surface area (Å²) in [4.78, 5) is 11.5. The average molecular weight is 402 g/mol. The van der Waals surface area contributed by atoms with Gasteiger partial charge in [-0.1, -0.05) is 31.9 Å². The molecule has 0 unspecified atom stereocenters. The second-order valence-electron chi connectivity index (χ2n) is 3.55. The number of benzene rings is 1. The van der Waals surface area contributed by atoms with Gasteiger partial charge < -0.3 is 9.47 Å². The minimum absolute atomic E-state index is 0.0168. The SMILES string of the molecule is CCOC(=O)Cc1cc(Br)cc(CBr)c1OC(F)F. The zero-order valence-corrected chi connectivity index (χ0v) is 13.3. The van der Waals surface area contributed by atoms with Crippen LogP contribution in [0.15, 0.2) is 16.6 Å². The van der Waals surface area contributed by atoms with Crippen molar-refractivity contribution in [3.8, 4) is 5.75 Å². The molecule has 0 radical (unpaired) electrons. The number of carbonyl (C=O) groups excluding carboxylic acids is 1. The van der Waals surface area contributed by atoms with E-state index in [4.69, 9.17) is 4.74 Å². The molecule has 1 aromatic carbocycles. The molecule has 0 aliphatic carbocycles. The zero-order chi connectivity index (χ0) is 14.4. The van der Waals surface area contributed by atoms with Crippen molar-refractivity contribution < 1.29 is 23.0 Å². The van der Waals surface area contributed by atoms with E-state index in [1.807, 2.05) is 0 Å². The van der Waals surface area contributed by atoms with Crippen LogP contribution in [0.5, 0.6) is 5.75 Å². The Bertz CT molecular complexity index is 453. The molecule has 0 bridgehead atoms. The van der Waals surface area contributed by atoms with Gasteiger partial charge in [0.25, 0.3) is 0 Å². The minimum atomic E-state index is -2.94. The Morgan fingerprint density at radius 3 is 2.53 bits per heavy atom. The number of hydrogen-bond acceptors (Lipinski definition) is 3. The maximum Gasteiger partial charge on any atom is 0.387 e. The lowest BCUT2D eigenvalue weighted by Gasteiger charge is -2.14. The summed E-state index contributed by atoms with van der Waals surface area (Å²) in [6.07, 6.45) is -0.116. The number of alkyl halides is 3. The summed E-state index contributed by atoms with van der Waals surface area (Å²) in [6, 6.07) is 3.22. The van der Waals surface area contributed by atoms with E-state index in [-0.39, 0.29) is 18.8 Å². The van der Waals surface area contributed by atoms with Gasteiger partial charge >= 0.3 is 12.6 Å². The highest BCUT2D eigenvalue weighted by molar-refractivity contribution is 9.10. The van der Waals surface area contributed by atoms with Crippen molar-refractivity contribution in [1.29, 1.82) is 0 Å². The Hall–Kier alpha value is -0.690. The number of halogens is 4. The van der Waals surface area contributed by atoms with Crippen LogP contribution in [-0.4, -0.2) is 19.2 Å². The molecule has 0 aliphatic rings. The summed E-state index contributed by atoms with van der Waals surface area (Å²) < 4.78 is 34.9. The molecule has 0 spiro atoms. The zero-order valence-electron chi connectivity index (χ0n) is 10.1. The Kier molecular flexibility index (Phi) is 6.71. The minimum Gasteiger partial charge on any atom is -0.466 e. The van der Waals surface area contributed by atoms with Crippen molar-refractivity contribution in [3.63, 3.8) is 0 Å². The van der Waals surface area contributed by atoms with Crippen LogP contribution in [0.3, 0.4) is 0 Å². The fraction of sp³-hybridized carbons (Fsp3) is 0.417. The molecule has 0 saturated carbocycles. The molecule has 3 nitrogen and oxygen atoms in total. The fourth-order valence-corrected chi connectivity index (χ4v) is 2.52. The first-order valence-electron chi connectivity index (χ1n) is 5.45. The van der Waals surface area contributed by atoms with E-state index in [1.54, 1.807) is 19.1 Å². The number of ether oxygens (including phenoxy) is 2. The van der Waals surface area contributed by atoms with Crippen molar-refractivity contribution in [2.45, 2.75) is 25.3 Å². The van der Waals surface area contributed by atoms with Gasteiger partial charge in [-0.3, -0.25) is 4.79 Å². The predicted molar refractivity (Wildman–Crippen MR) is 73.7 cm³/mol. The number of carbonyl (C=O) groups is 1. The molecule has 1 rings (SSSR count). The van der Waals surface area contributed by atoms with Crippen LogP contribution < -0.4 is 4.74 Å². The molecule has 0 heterocycles. The van der Waals surface area contributed by atoms with Crippen LogP contribution in [0.2, 0.25) is 0 Å². The molecular weight excluding hydrogens is 390 g/mol. The Labute approximate surface area is 126 Å². The van der Waals surface area contributed by atoms with Gasteiger partial charge in [0.2, 0.25) is 0 Å². The van der Waals surface area contributed by atoms with E-state index in [9.17, 15) is 13.6 Å². The quantitative estimate of drug-likeness (QED) is 0.532. The van der Waals surface area contributed by atoms with Gasteiger partial charge in [0.05, 0.1) is 13.0 Å². The number of hydrogen-bond donors (Lipinski definition) is 0. The maximum atomic E-state index is 12.4. The highest BCUT2D eigenvalue weighted by Crippen LogP contribution is 2.32. The van der Waals surface area contributed by atoms with Crippen LogP contribution in [0, 0.1) is 0 Å². The first-order chi connectivity index (χ1) is 8.97. The normalized spacial score (nSPS) is 10.6. The summed E-state index contributed by atoms with van der Waals surface area (Å²) in [5.41, 5.74) is 0.900. The van der Waals surface area contributed by atoms with Crippen molar-refractivity contribution in [1.82, 2.24) is 0 Å². The van der Waals surface area contributed by atoms with Crippen molar-refractivity contribution >= 4 is 37.8 Å². The van der Waals surface area contributed by atoms with Crippen LogP contribution in [0.25, 0.3) is 0 Å². The highest BCUT2D eigenvalue weighted by atomic mass is 79.9. The summed E-state index contributed by atoms with van der Waals surface area (Å²) >= 11 is 6.47. The van der Waals surface area contributed by atoms with E-state index in [1.165, 1.54) is 0 Å². The second-order valence-corrected chi connectivity index (χ2v) is 5.02. The van der Waals surface area contributed by atoms with Gasteiger partial charge in [-0.25, -0.2) is 0 Å². The standard InChI is InChI=1S/C12H12Br2F2O3/c1-2-18-10(17)5-7-3-9(14)4-8(6-13)11(7)19-12(15)16/h3-4,12H,2,5-6H2,1H3. The van der Waals surface area contributed by atoms with Gasteiger partial charge in [0, 0.05) is 20.9 Å². The van der Waals surface area contributed by atoms with Crippen molar-refractivity contribution in [2.24, 2.45) is 0 Å². The fourth-order valence-electron chi connectivity index (χ4n) is 1.55. The van der Waals surface area contributed by atoms with Gasteiger partial charge in [-0.05, 0) is 19.1 Å². The Morgan fingerprint density at radius 1 is 1.37 bits per heavy atom. The predicted octanol–water partition coefficient (Wildman–Crippen LogP) is 4.05. The summed E-state index contributed by atoms with van der Waals surface area (Å²) in [5.74, 6) is -0.469. The summed E-state index contributed by atoms with van der Waals surface area (Å²) in [6.45, 7) is -1.03. The van der Waals surface area contributed by atoms with Crippen LogP contribution in [0.1, 0.15) is 18.1 Å². The van der Waals surface area contributed by atoms with Crippen LogP contribution in [-0.2, 0) is 21.3 Å². The molecule has 19 heavy (non-hydrogen) atoms. The molecule has 106 valence electrons. The summed E-state index contributed by atoms with van der Waals surface area (Å²) in [5, 5.41) is 0.338. The number of rotatable bonds is 6. The van der Waals surface area contributed by atoms with E-state index < -0.39 is 12.6 Å². The van der Waals surface area contributed by atoms with Gasteiger partial charge in [-0.15, -0.1) is 0 Å². The van der Waals surface area contributed by atoms with Gasteiger partial charge in [-0.2, -0.15) is 8.78 Å². The lowest BCUT2D eigenvalue weighted by Crippen LogP contribution is -2.12. The third-order valence-corrected chi connectivity index (χ3v) is 3.26. The van der Waals surface area contributed by atoms with E-state index in [0.29, 0.717) is 20.9 Å². The third-order valence-electron chi connectivity index (χ3n) is 2.20. The molecule has 0 N–H and O–H groups in total. The largest absolute Gasteiger partial charge is 0.466 e. The molecule has 0 amide bonds. The van der Waals surface area contributed by atoms with Crippen molar-refractivity contribution in [2.75, 3.05) is 6.61 Å². The van der Waals surface area contributed by atoms with Crippen LogP contribution in [0.4, 0.5) is 8.78 Å². The first-order valence-corrected chi connectivity index (χ1v) is 7.37. The molecular formula is C12H12Br2F2O3. The van der Waals surface area contributed by atoms with E-state index in [0.717, 1.165) is 0 Å². The Balaban J connectivity index is 3.11. The second kappa shape index (κ2) is 7.79. The van der Waals surface area contributed by atoms with E-state index >= 15 is 0 Å². The van der Waals surface area contributed by atoms with Gasteiger partial charge in [0.15, 0.2) is 0 Å². The molecule has 0 fully saturated rings. The van der Waals surface area contributed by atoms with Crippen LogP contribution >= 0.6 is 31.9 Å². The molecule has 0 aliphatic heterocycles. The average Bonchev–Trinajstić information content (AvgIpc) is 2.31. The molecule has 7 heteroatoms. The monoisotopic (exact) mass is 400 g/mol.